The fourth-order valence-corrected chi connectivity index (χ4v) is 2.80. The summed E-state index contributed by atoms with van der Waals surface area (Å²) in [7, 11) is -1.95. The Kier molecular flexibility index (Phi) is 5.89. The van der Waals surface area contributed by atoms with Crippen molar-refractivity contribution in [2.24, 2.45) is 5.14 Å². The van der Waals surface area contributed by atoms with Crippen molar-refractivity contribution in [1.29, 1.82) is 0 Å². The standard InChI is InChI=1S/C17H20FN3O3S/c1-12(13-3-9-16(10-4-13)25(19,23)24)21(2)11-17(22)20-15-7-5-14(18)6-8-15/h3-10,12H,11H2,1-2H3,(H,20,22)(H2,19,23,24). The molecular weight excluding hydrogens is 345 g/mol. The highest BCUT2D eigenvalue weighted by Crippen LogP contribution is 2.20. The number of likely N-dealkylation sites (N-methyl/N-ethyl adjacent to an activating group) is 1. The molecule has 2 rings (SSSR count). The molecule has 1 amide bonds. The van der Waals surface area contributed by atoms with Crippen molar-refractivity contribution in [1.82, 2.24) is 4.90 Å². The van der Waals surface area contributed by atoms with Gasteiger partial charge in [0, 0.05) is 11.7 Å². The summed E-state index contributed by atoms with van der Waals surface area (Å²) in [5.41, 5.74) is 1.37. The average Bonchev–Trinajstić information content (AvgIpc) is 2.55. The number of hydrogen-bond acceptors (Lipinski definition) is 4. The number of anilines is 1. The van der Waals surface area contributed by atoms with Crippen LogP contribution in [0, 0.1) is 5.82 Å². The first-order valence-corrected chi connectivity index (χ1v) is 9.10. The quantitative estimate of drug-likeness (QED) is 0.820. The van der Waals surface area contributed by atoms with E-state index < -0.39 is 10.0 Å². The van der Waals surface area contributed by atoms with Gasteiger partial charge in [0.15, 0.2) is 0 Å². The number of carbonyl (C=O) groups excluding carboxylic acids is 1. The highest BCUT2D eigenvalue weighted by atomic mass is 32.2. The number of rotatable bonds is 6. The Morgan fingerprint density at radius 2 is 1.72 bits per heavy atom. The first-order chi connectivity index (χ1) is 11.7. The van der Waals surface area contributed by atoms with Gasteiger partial charge in [-0.05, 0) is 55.9 Å². The number of sulfonamides is 1. The molecule has 3 N–H and O–H groups in total. The van der Waals surface area contributed by atoms with Gasteiger partial charge in [0.2, 0.25) is 15.9 Å². The van der Waals surface area contributed by atoms with Crippen LogP contribution in [0.25, 0.3) is 0 Å². The first-order valence-electron chi connectivity index (χ1n) is 7.55. The minimum atomic E-state index is -3.73. The SMILES string of the molecule is CC(c1ccc(S(N)(=O)=O)cc1)N(C)CC(=O)Nc1ccc(F)cc1. The molecule has 0 aliphatic rings. The Morgan fingerprint density at radius 3 is 2.24 bits per heavy atom. The molecule has 0 radical (unpaired) electrons. The number of amides is 1. The molecule has 0 fully saturated rings. The van der Waals surface area contributed by atoms with E-state index in [9.17, 15) is 17.6 Å². The van der Waals surface area contributed by atoms with Gasteiger partial charge in [-0.15, -0.1) is 0 Å². The summed E-state index contributed by atoms with van der Waals surface area (Å²) in [6.07, 6.45) is 0. The topological polar surface area (TPSA) is 92.5 Å². The summed E-state index contributed by atoms with van der Waals surface area (Å²) in [6, 6.07) is 11.6. The summed E-state index contributed by atoms with van der Waals surface area (Å²) >= 11 is 0. The molecule has 6 nitrogen and oxygen atoms in total. The van der Waals surface area contributed by atoms with Crippen LogP contribution in [-0.4, -0.2) is 32.8 Å². The van der Waals surface area contributed by atoms with Crippen molar-refractivity contribution < 1.29 is 17.6 Å². The average molecular weight is 365 g/mol. The number of primary sulfonamides is 1. The largest absolute Gasteiger partial charge is 0.325 e. The second kappa shape index (κ2) is 7.73. The number of benzene rings is 2. The zero-order valence-corrected chi connectivity index (χ0v) is 14.8. The molecule has 1 atom stereocenters. The van der Waals surface area contributed by atoms with Crippen LogP contribution in [-0.2, 0) is 14.8 Å². The van der Waals surface area contributed by atoms with Crippen molar-refractivity contribution in [3.63, 3.8) is 0 Å². The maximum atomic E-state index is 12.9. The van der Waals surface area contributed by atoms with Crippen LogP contribution >= 0.6 is 0 Å². The van der Waals surface area contributed by atoms with E-state index in [0.29, 0.717) is 5.69 Å². The van der Waals surface area contributed by atoms with Gasteiger partial charge in [-0.25, -0.2) is 17.9 Å². The third-order valence-corrected chi connectivity index (χ3v) is 4.80. The van der Waals surface area contributed by atoms with E-state index in [1.807, 2.05) is 11.8 Å². The van der Waals surface area contributed by atoms with E-state index in [1.165, 1.54) is 36.4 Å². The number of carbonyl (C=O) groups is 1. The Morgan fingerprint density at radius 1 is 1.16 bits per heavy atom. The minimum Gasteiger partial charge on any atom is -0.325 e. The zero-order valence-electron chi connectivity index (χ0n) is 13.9. The smallest absolute Gasteiger partial charge is 0.238 e. The summed E-state index contributed by atoms with van der Waals surface area (Å²) in [5, 5.41) is 7.77. The molecule has 0 saturated carbocycles. The maximum absolute atomic E-state index is 12.9. The van der Waals surface area contributed by atoms with Crippen LogP contribution in [0.5, 0.6) is 0 Å². The lowest BCUT2D eigenvalue weighted by atomic mass is 10.1. The van der Waals surface area contributed by atoms with Crippen LogP contribution in [0.15, 0.2) is 53.4 Å². The van der Waals surface area contributed by atoms with Crippen LogP contribution in [0.1, 0.15) is 18.5 Å². The van der Waals surface area contributed by atoms with E-state index in [-0.39, 0.29) is 29.2 Å². The molecule has 0 aromatic heterocycles. The van der Waals surface area contributed by atoms with E-state index in [4.69, 9.17) is 5.14 Å². The summed E-state index contributed by atoms with van der Waals surface area (Å²) < 4.78 is 35.4. The molecule has 0 heterocycles. The van der Waals surface area contributed by atoms with Crippen molar-refractivity contribution in [2.45, 2.75) is 17.9 Å². The van der Waals surface area contributed by atoms with Crippen molar-refractivity contribution >= 4 is 21.6 Å². The third-order valence-electron chi connectivity index (χ3n) is 3.87. The minimum absolute atomic E-state index is 0.0418. The normalized spacial score (nSPS) is 12.8. The molecule has 8 heteroatoms. The fourth-order valence-electron chi connectivity index (χ4n) is 2.29. The summed E-state index contributed by atoms with van der Waals surface area (Å²) in [6.45, 7) is 2.02. The molecule has 0 aliphatic carbocycles. The molecule has 2 aromatic rings. The van der Waals surface area contributed by atoms with E-state index >= 15 is 0 Å². The lowest BCUT2D eigenvalue weighted by Gasteiger charge is -2.24. The molecule has 0 saturated heterocycles. The van der Waals surface area contributed by atoms with Crippen LogP contribution in [0.3, 0.4) is 0 Å². The van der Waals surface area contributed by atoms with Gasteiger partial charge in [0.25, 0.3) is 0 Å². The third kappa shape index (κ3) is 5.35. The summed E-state index contributed by atoms with van der Waals surface area (Å²) in [5.74, 6) is -0.603. The van der Waals surface area contributed by atoms with Gasteiger partial charge in [0.1, 0.15) is 5.82 Å². The first kappa shape index (κ1) is 19.0. The second-order valence-corrected chi connectivity index (χ2v) is 7.32. The number of halogens is 1. The Bertz CT molecular complexity index is 836. The molecule has 2 aromatic carbocycles. The summed E-state index contributed by atoms with van der Waals surface area (Å²) in [4.78, 5) is 13.9. The highest BCUT2D eigenvalue weighted by molar-refractivity contribution is 7.89. The predicted molar refractivity (Wildman–Crippen MR) is 93.9 cm³/mol. The molecular formula is C17H20FN3O3S. The molecule has 0 spiro atoms. The Balaban J connectivity index is 1.98. The van der Waals surface area contributed by atoms with Crippen LogP contribution in [0.2, 0.25) is 0 Å². The zero-order chi connectivity index (χ0) is 18.6. The molecule has 134 valence electrons. The van der Waals surface area contributed by atoms with Gasteiger partial charge >= 0.3 is 0 Å². The van der Waals surface area contributed by atoms with Crippen molar-refractivity contribution in [3.8, 4) is 0 Å². The Labute approximate surface area is 146 Å². The lowest BCUT2D eigenvalue weighted by molar-refractivity contribution is -0.117. The molecule has 1 unspecified atom stereocenters. The van der Waals surface area contributed by atoms with Crippen molar-refractivity contribution in [3.05, 3.63) is 59.9 Å². The van der Waals surface area contributed by atoms with Gasteiger partial charge in [-0.3, -0.25) is 9.69 Å². The lowest BCUT2D eigenvalue weighted by Crippen LogP contribution is -2.32. The number of nitrogens with one attached hydrogen (secondary N) is 1. The Hall–Kier alpha value is -2.29. The van der Waals surface area contributed by atoms with E-state index in [1.54, 1.807) is 19.2 Å². The van der Waals surface area contributed by atoms with Gasteiger partial charge in [-0.1, -0.05) is 12.1 Å². The van der Waals surface area contributed by atoms with Gasteiger partial charge in [0.05, 0.1) is 11.4 Å². The van der Waals surface area contributed by atoms with Gasteiger partial charge < -0.3 is 5.32 Å². The van der Waals surface area contributed by atoms with E-state index in [2.05, 4.69) is 5.32 Å². The predicted octanol–water partition coefficient (Wildman–Crippen LogP) is 2.10. The molecule has 0 bridgehead atoms. The number of nitrogens with two attached hydrogens (primary N) is 1. The molecule has 0 aliphatic heterocycles. The van der Waals surface area contributed by atoms with Crippen molar-refractivity contribution in [2.75, 3.05) is 18.9 Å². The van der Waals surface area contributed by atoms with E-state index in [0.717, 1.165) is 5.56 Å². The maximum Gasteiger partial charge on any atom is 0.238 e. The monoisotopic (exact) mass is 365 g/mol. The fraction of sp³-hybridized carbons (Fsp3) is 0.235. The van der Waals surface area contributed by atoms with Gasteiger partial charge in [-0.2, -0.15) is 0 Å². The highest BCUT2D eigenvalue weighted by Gasteiger charge is 2.16. The van der Waals surface area contributed by atoms with Crippen LogP contribution < -0.4 is 10.5 Å². The molecule has 25 heavy (non-hydrogen) atoms. The second-order valence-electron chi connectivity index (χ2n) is 5.76. The number of nitrogens with zero attached hydrogens (tertiary/aromatic N) is 1. The number of hydrogen-bond donors (Lipinski definition) is 2. The van der Waals surface area contributed by atoms with Crippen LogP contribution in [0.4, 0.5) is 10.1 Å².